The van der Waals surface area contributed by atoms with Crippen LogP contribution in [0.25, 0.3) is 0 Å². The molecule has 0 saturated carbocycles. The fourth-order valence-corrected chi connectivity index (χ4v) is 2.51. The lowest BCUT2D eigenvalue weighted by Crippen LogP contribution is -2.36. The molecule has 0 aliphatic carbocycles. The summed E-state index contributed by atoms with van der Waals surface area (Å²) in [5.41, 5.74) is 2.63. The predicted octanol–water partition coefficient (Wildman–Crippen LogP) is 2.94. The van der Waals surface area contributed by atoms with Gasteiger partial charge in [0.05, 0.1) is 6.42 Å². The van der Waals surface area contributed by atoms with Gasteiger partial charge in [-0.3, -0.25) is 9.69 Å². The highest BCUT2D eigenvalue weighted by Crippen LogP contribution is 2.30. The van der Waals surface area contributed by atoms with Gasteiger partial charge in [-0.2, -0.15) is 0 Å². The first-order valence-electron chi connectivity index (χ1n) is 6.97. The molecule has 1 saturated heterocycles. The van der Waals surface area contributed by atoms with Crippen molar-refractivity contribution in [3.05, 3.63) is 35.4 Å². The topological polar surface area (TPSA) is 40.5 Å². The summed E-state index contributed by atoms with van der Waals surface area (Å²) in [6.07, 6.45) is 2.62. The normalized spacial score (nSPS) is 19.3. The Kier molecular flexibility index (Phi) is 4.25. The quantitative estimate of drug-likeness (QED) is 0.906. The van der Waals surface area contributed by atoms with Crippen molar-refractivity contribution in [3.8, 4) is 0 Å². The molecule has 1 aliphatic heterocycles. The summed E-state index contributed by atoms with van der Waals surface area (Å²) in [4.78, 5) is 13.1. The fraction of sp³-hybridized carbons (Fsp3) is 0.562. The molecule has 0 unspecified atom stereocenters. The summed E-state index contributed by atoms with van der Waals surface area (Å²) in [5, 5.41) is 8.74. The average Bonchev–Trinajstić information content (AvgIpc) is 2.34. The molecular formula is C16H23NO2. The molecule has 0 aromatic heterocycles. The summed E-state index contributed by atoms with van der Waals surface area (Å²) in [6.45, 7) is 7.97. The lowest BCUT2D eigenvalue weighted by atomic mass is 9.82. The van der Waals surface area contributed by atoms with E-state index in [4.69, 9.17) is 5.11 Å². The number of hydrogen-bond donors (Lipinski definition) is 1. The SMILES string of the molecule is CC1(C)CCN(Cc2ccc(CC(=O)O)cc2)CC1. The van der Waals surface area contributed by atoms with E-state index in [2.05, 4.69) is 30.9 Å². The number of likely N-dealkylation sites (tertiary alicyclic amines) is 1. The van der Waals surface area contributed by atoms with Gasteiger partial charge in [-0.1, -0.05) is 38.1 Å². The highest BCUT2D eigenvalue weighted by molar-refractivity contribution is 5.70. The van der Waals surface area contributed by atoms with E-state index in [1.165, 1.54) is 18.4 Å². The third-order valence-electron chi connectivity index (χ3n) is 3.99. The Bertz CT molecular complexity index is 427. The lowest BCUT2D eigenvalue weighted by molar-refractivity contribution is -0.136. The largest absolute Gasteiger partial charge is 0.481 e. The zero-order valence-corrected chi connectivity index (χ0v) is 11.9. The van der Waals surface area contributed by atoms with Crippen LogP contribution in [0.2, 0.25) is 0 Å². The maximum Gasteiger partial charge on any atom is 0.307 e. The van der Waals surface area contributed by atoms with Gasteiger partial charge in [-0.25, -0.2) is 0 Å². The molecule has 1 aromatic rings. The van der Waals surface area contributed by atoms with E-state index in [1.54, 1.807) is 0 Å². The van der Waals surface area contributed by atoms with Gasteiger partial charge in [0, 0.05) is 6.54 Å². The molecule has 1 aliphatic rings. The van der Waals surface area contributed by atoms with Crippen LogP contribution in [0.4, 0.5) is 0 Å². The zero-order valence-electron chi connectivity index (χ0n) is 11.9. The van der Waals surface area contributed by atoms with E-state index in [9.17, 15) is 4.79 Å². The minimum Gasteiger partial charge on any atom is -0.481 e. The number of benzene rings is 1. The van der Waals surface area contributed by atoms with E-state index in [0.717, 1.165) is 25.2 Å². The molecule has 0 amide bonds. The van der Waals surface area contributed by atoms with Crippen LogP contribution in [-0.2, 0) is 17.8 Å². The van der Waals surface area contributed by atoms with Crippen LogP contribution in [0.1, 0.15) is 37.8 Å². The molecule has 0 spiro atoms. The summed E-state index contributed by atoms with van der Waals surface area (Å²) < 4.78 is 0. The minimum atomic E-state index is -0.772. The van der Waals surface area contributed by atoms with Gasteiger partial charge >= 0.3 is 5.97 Å². The Morgan fingerprint density at radius 2 is 1.68 bits per heavy atom. The molecule has 19 heavy (non-hydrogen) atoms. The van der Waals surface area contributed by atoms with Gasteiger partial charge in [0.1, 0.15) is 0 Å². The predicted molar refractivity (Wildman–Crippen MR) is 76.1 cm³/mol. The van der Waals surface area contributed by atoms with Crippen LogP contribution < -0.4 is 0 Å². The van der Waals surface area contributed by atoms with Crippen LogP contribution in [0.5, 0.6) is 0 Å². The first-order chi connectivity index (χ1) is 8.94. The van der Waals surface area contributed by atoms with Crippen molar-refractivity contribution in [1.82, 2.24) is 4.90 Å². The Labute approximate surface area is 115 Å². The molecule has 1 aromatic carbocycles. The Morgan fingerprint density at radius 3 is 2.21 bits per heavy atom. The van der Waals surface area contributed by atoms with E-state index in [0.29, 0.717) is 5.41 Å². The van der Waals surface area contributed by atoms with Gasteiger partial charge in [-0.05, 0) is 42.5 Å². The van der Waals surface area contributed by atoms with Crippen molar-refractivity contribution in [2.24, 2.45) is 5.41 Å². The first-order valence-corrected chi connectivity index (χ1v) is 6.97. The average molecular weight is 261 g/mol. The second-order valence-corrected chi connectivity index (χ2v) is 6.33. The van der Waals surface area contributed by atoms with Crippen molar-refractivity contribution in [2.45, 2.75) is 39.7 Å². The number of carboxylic acid groups (broad SMARTS) is 1. The van der Waals surface area contributed by atoms with E-state index in [-0.39, 0.29) is 6.42 Å². The third kappa shape index (κ3) is 4.35. The molecule has 0 radical (unpaired) electrons. The smallest absolute Gasteiger partial charge is 0.307 e. The number of aliphatic carboxylic acids is 1. The summed E-state index contributed by atoms with van der Waals surface area (Å²) in [7, 11) is 0. The zero-order chi connectivity index (χ0) is 13.9. The summed E-state index contributed by atoms with van der Waals surface area (Å²) in [5.74, 6) is -0.772. The third-order valence-corrected chi connectivity index (χ3v) is 3.99. The standard InChI is InChI=1S/C16H23NO2/c1-16(2)7-9-17(10-8-16)12-14-5-3-13(4-6-14)11-15(18)19/h3-6H,7-12H2,1-2H3,(H,18,19). The molecule has 1 heterocycles. The van der Waals surface area contributed by atoms with Gasteiger partial charge < -0.3 is 5.11 Å². The van der Waals surface area contributed by atoms with Crippen molar-refractivity contribution >= 4 is 5.97 Å². The van der Waals surface area contributed by atoms with E-state index in [1.807, 2.05) is 12.1 Å². The molecule has 3 heteroatoms. The van der Waals surface area contributed by atoms with Gasteiger partial charge in [0.2, 0.25) is 0 Å². The molecule has 2 rings (SSSR count). The Hall–Kier alpha value is -1.35. The second kappa shape index (κ2) is 5.74. The van der Waals surface area contributed by atoms with Gasteiger partial charge in [0.25, 0.3) is 0 Å². The lowest BCUT2D eigenvalue weighted by Gasteiger charge is -2.36. The van der Waals surface area contributed by atoms with Crippen LogP contribution >= 0.6 is 0 Å². The molecule has 0 bridgehead atoms. The second-order valence-electron chi connectivity index (χ2n) is 6.33. The van der Waals surface area contributed by atoms with Crippen LogP contribution in [0.15, 0.2) is 24.3 Å². The van der Waals surface area contributed by atoms with E-state index >= 15 is 0 Å². The van der Waals surface area contributed by atoms with Crippen molar-refractivity contribution in [2.75, 3.05) is 13.1 Å². The fourth-order valence-electron chi connectivity index (χ4n) is 2.51. The molecule has 3 nitrogen and oxygen atoms in total. The minimum absolute atomic E-state index is 0.109. The molecular weight excluding hydrogens is 238 g/mol. The number of rotatable bonds is 4. The Morgan fingerprint density at radius 1 is 1.16 bits per heavy atom. The number of carbonyl (C=O) groups is 1. The van der Waals surface area contributed by atoms with Crippen LogP contribution in [0, 0.1) is 5.41 Å². The highest BCUT2D eigenvalue weighted by Gasteiger charge is 2.24. The number of piperidine rings is 1. The maximum absolute atomic E-state index is 10.6. The van der Waals surface area contributed by atoms with Crippen LogP contribution in [0.3, 0.4) is 0 Å². The van der Waals surface area contributed by atoms with Gasteiger partial charge in [-0.15, -0.1) is 0 Å². The van der Waals surface area contributed by atoms with E-state index < -0.39 is 5.97 Å². The Balaban J connectivity index is 1.88. The highest BCUT2D eigenvalue weighted by atomic mass is 16.4. The monoisotopic (exact) mass is 261 g/mol. The van der Waals surface area contributed by atoms with Crippen molar-refractivity contribution in [3.63, 3.8) is 0 Å². The first kappa shape index (κ1) is 14.1. The molecule has 104 valence electrons. The number of hydrogen-bond acceptors (Lipinski definition) is 2. The summed E-state index contributed by atoms with van der Waals surface area (Å²) >= 11 is 0. The van der Waals surface area contributed by atoms with Gasteiger partial charge in [0.15, 0.2) is 0 Å². The molecule has 1 N–H and O–H groups in total. The maximum atomic E-state index is 10.6. The van der Waals surface area contributed by atoms with Crippen LogP contribution in [-0.4, -0.2) is 29.1 Å². The number of nitrogens with zero attached hydrogens (tertiary/aromatic N) is 1. The van der Waals surface area contributed by atoms with Crippen molar-refractivity contribution < 1.29 is 9.90 Å². The molecule has 0 atom stereocenters. The van der Waals surface area contributed by atoms with Crippen molar-refractivity contribution in [1.29, 1.82) is 0 Å². The number of carboxylic acids is 1. The summed E-state index contributed by atoms with van der Waals surface area (Å²) in [6, 6.07) is 7.96. The molecule has 1 fully saturated rings.